The summed E-state index contributed by atoms with van der Waals surface area (Å²) in [5.74, 6) is -1.35. The van der Waals surface area contributed by atoms with Gasteiger partial charge in [-0.2, -0.15) is 10.4 Å². The summed E-state index contributed by atoms with van der Waals surface area (Å²) in [5, 5.41) is 23.3. The predicted octanol–water partition coefficient (Wildman–Crippen LogP) is 1.97. The Labute approximate surface area is 170 Å². The zero-order valence-corrected chi connectivity index (χ0v) is 16.4. The molecule has 0 atom stereocenters. The van der Waals surface area contributed by atoms with E-state index >= 15 is 0 Å². The summed E-state index contributed by atoms with van der Waals surface area (Å²) in [4.78, 5) is 28.6. The van der Waals surface area contributed by atoms with Gasteiger partial charge < -0.3 is 5.11 Å². The van der Waals surface area contributed by atoms with Crippen LogP contribution in [0.25, 0.3) is 5.65 Å². The van der Waals surface area contributed by atoms with Gasteiger partial charge in [-0.1, -0.05) is 11.6 Å². The number of carbonyl (C=O) groups is 2. The lowest BCUT2D eigenvalue weighted by molar-refractivity contribution is -0.121. The Bertz CT molecular complexity index is 1160. The Hall–Kier alpha value is -3.64. The number of nitriles is 1. The molecule has 0 unspecified atom stereocenters. The van der Waals surface area contributed by atoms with E-state index in [1.807, 2.05) is 13.0 Å². The van der Waals surface area contributed by atoms with Gasteiger partial charge in [0.25, 0.3) is 5.91 Å². The molecular formula is C19H17ClN6O3. The number of hydrogen-bond acceptors (Lipinski definition) is 6. The van der Waals surface area contributed by atoms with E-state index in [2.05, 4.69) is 20.9 Å². The van der Waals surface area contributed by atoms with Gasteiger partial charge in [0.1, 0.15) is 17.4 Å². The lowest BCUT2D eigenvalue weighted by Gasteiger charge is -2.12. The highest BCUT2D eigenvalue weighted by molar-refractivity contribution is 6.31. The van der Waals surface area contributed by atoms with E-state index in [0.717, 1.165) is 11.3 Å². The van der Waals surface area contributed by atoms with Gasteiger partial charge >= 0.3 is 0 Å². The summed E-state index contributed by atoms with van der Waals surface area (Å²) in [6.07, 6.45) is 1.90. The van der Waals surface area contributed by atoms with E-state index in [-0.39, 0.29) is 22.8 Å². The fourth-order valence-corrected chi connectivity index (χ4v) is 3.11. The SMILES string of the molecule is Cc1nc2c(C#N)cnn2c(C)c1CCC(=O)NNC(=O)c1cc(Cl)ccc1O. The summed E-state index contributed by atoms with van der Waals surface area (Å²) in [6, 6.07) is 6.08. The van der Waals surface area contributed by atoms with Crippen LogP contribution in [0.1, 0.15) is 39.3 Å². The van der Waals surface area contributed by atoms with Crippen molar-refractivity contribution in [1.82, 2.24) is 25.4 Å². The standard InChI is InChI=1S/C19H17ClN6O3/c1-10-14(11(2)26-18(23-10)12(8-21)9-22-26)4-6-17(28)24-25-19(29)15-7-13(20)3-5-16(15)27/h3,5,7,9,27H,4,6H2,1-2H3,(H,24,28)(H,25,29). The van der Waals surface area contributed by atoms with Crippen LogP contribution in [-0.2, 0) is 11.2 Å². The van der Waals surface area contributed by atoms with E-state index < -0.39 is 11.8 Å². The second-order valence-corrected chi connectivity index (χ2v) is 6.77. The zero-order chi connectivity index (χ0) is 21.1. The van der Waals surface area contributed by atoms with Crippen molar-refractivity contribution in [3.63, 3.8) is 0 Å². The third-order valence-electron chi connectivity index (χ3n) is 4.45. The van der Waals surface area contributed by atoms with Crippen LogP contribution in [0, 0.1) is 25.2 Å². The van der Waals surface area contributed by atoms with E-state index in [9.17, 15) is 14.7 Å². The molecule has 0 aliphatic heterocycles. The maximum atomic E-state index is 12.1. The first kappa shape index (κ1) is 20.1. The summed E-state index contributed by atoms with van der Waals surface area (Å²) in [6.45, 7) is 3.64. The summed E-state index contributed by atoms with van der Waals surface area (Å²) in [7, 11) is 0. The van der Waals surface area contributed by atoms with Crippen molar-refractivity contribution in [3.05, 3.63) is 57.5 Å². The molecule has 0 fully saturated rings. The summed E-state index contributed by atoms with van der Waals surface area (Å²) < 4.78 is 1.57. The molecule has 10 heteroatoms. The van der Waals surface area contributed by atoms with Crippen molar-refractivity contribution in [2.45, 2.75) is 26.7 Å². The number of hydrazine groups is 1. The second kappa shape index (κ2) is 8.16. The van der Waals surface area contributed by atoms with Gasteiger partial charge in [-0.3, -0.25) is 20.4 Å². The molecule has 3 rings (SSSR count). The smallest absolute Gasteiger partial charge is 0.273 e. The van der Waals surface area contributed by atoms with Crippen LogP contribution in [0.4, 0.5) is 0 Å². The zero-order valence-electron chi connectivity index (χ0n) is 15.7. The van der Waals surface area contributed by atoms with Crippen molar-refractivity contribution in [3.8, 4) is 11.8 Å². The van der Waals surface area contributed by atoms with Crippen LogP contribution in [-0.4, -0.2) is 31.5 Å². The molecule has 0 bridgehead atoms. The molecule has 0 aliphatic carbocycles. The lowest BCUT2D eigenvalue weighted by Crippen LogP contribution is -2.41. The lowest BCUT2D eigenvalue weighted by atomic mass is 10.1. The molecule has 0 saturated heterocycles. The maximum Gasteiger partial charge on any atom is 0.273 e. The Morgan fingerprint density at radius 1 is 1.31 bits per heavy atom. The van der Waals surface area contributed by atoms with Gasteiger partial charge in [-0.25, -0.2) is 9.50 Å². The number of nitrogens with zero attached hydrogens (tertiary/aromatic N) is 4. The van der Waals surface area contributed by atoms with Crippen LogP contribution in [0.15, 0.2) is 24.4 Å². The monoisotopic (exact) mass is 412 g/mol. The molecule has 3 N–H and O–H groups in total. The number of hydrogen-bond donors (Lipinski definition) is 3. The number of aromatic hydroxyl groups is 1. The maximum absolute atomic E-state index is 12.1. The molecule has 0 aliphatic rings. The van der Waals surface area contributed by atoms with Crippen molar-refractivity contribution in [2.24, 2.45) is 0 Å². The Morgan fingerprint density at radius 3 is 2.79 bits per heavy atom. The van der Waals surface area contributed by atoms with Crippen LogP contribution in [0.2, 0.25) is 5.02 Å². The number of rotatable bonds is 4. The number of aromatic nitrogens is 3. The largest absolute Gasteiger partial charge is 0.507 e. The molecule has 148 valence electrons. The molecule has 3 aromatic rings. The fourth-order valence-electron chi connectivity index (χ4n) is 2.94. The average Bonchev–Trinajstić information content (AvgIpc) is 3.10. The number of halogens is 1. The highest BCUT2D eigenvalue weighted by atomic mass is 35.5. The first-order chi connectivity index (χ1) is 13.8. The summed E-state index contributed by atoms with van der Waals surface area (Å²) in [5.41, 5.74) is 7.68. The molecule has 2 heterocycles. The number of nitrogens with one attached hydrogen (secondary N) is 2. The second-order valence-electron chi connectivity index (χ2n) is 6.33. The molecule has 2 aromatic heterocycles. The molecule has 1 aromatic carbocycles. The van der Waals surface area contributed by atoms with Crippen molar-refractivity contribution >= 4 is 29.1 Å². The van der Waals surface area contributed by atoms with E-state index in [4.69, 9.17) is 16.9 Å². The van der Waals surface area contributed by atoms with Gasteiger partial charge in [0, 0.05) is 22.8 Å². The third-order valence-corrected chi connectivity index (χ3v) is 4.68. The molecule has 29 heavy (non-hydrogen) atoms. The van der Waals surface area contributed by atoms with Gasteiger partial charge in [-0.05, 0) is 44.0 Å². The van der Waals surface area contributed by atoms with Gasteiger partial charge in [0.15, 0.2) is 5.65 Å². The van der Waals surface area contributed by atoms with Crippen molar-refractivity contribution in [2.75, 3.05) is 0 Å². The predicted molar refractivity (Wildman–Crippen MR) is 104 cm³/mol. The number of benzene rings is 1. The number of phenolic OH excluding ortho intramolecular Hbond substituents is 1. The van der Waals surface area contributed by atoms with Crippen LogP contribution >= 0.6 is 11.6 Å². The Morgan fingerprint density at radius 2 is 2.07 bits per heavy atom. The molecule has 9 nitrogen and oxygen atoms in total. The number of aryl methyl sites for hydroxylation is 2. The molecular weight excluding hydrogens is 396 g/mol. The van der Waals surface area contributed by atoms with Gasteiger partial charge in [0.2, 0.25) is 5.91 Å². The topological polar surface area (TPSA) is 132 Å². The molecule has 0 radical (unpaired) electrons. The highest BCUT2D eigenvalue weighted by Gasteiger charge is 2.16. The van der Waals surface area contributed by atoms with Crippen molar-refractivity contribution < 1.29 is 14.7 Å². The number of amides is 2. The summed E-state index contributed by atoms with van der Waals surface area (Å²) >= 11 is 5.81. The molecule has 0 saturated carbocycles. The Balaban J connectivity index is 1.64. The highest BCUT2D eigenvalue weighted by Crippen LogP contribution is 2.21. The van der Waals surface area contributed by atoms with Gasteiger partial charge in [0.05, 0.1) is 11.8 Å². The minimum Gasteiger partial charge on any atom is -0.507 e. The van der Waals surface area contributed by atoms with Crippen LogP contribution in [0.3, 0.4) is 0 Å². The quantitative estimate of drug-likeness (QED) is 0.561. The third kappa shape index (κ3) is 4.12. The van der Waals surface area contributed by atoms with Crippen LogP contribution in [0.5, 0.6) is 5.75 Å². The van der Waals surface area contributed by atoms with Crippen LogP contribution < -0.4 is 10.9 Å². The van der Waals surface area contributed by atoms with E-state index in [0.29, 0.717) is 23.3 Å². The first-order valence-corrected chi connectivity index (χ1v) is 9.01. The van der Waals surface area contributed by atoms with E-state index in [1.165, 1.54) is 24.4 Å². The minimum atomic E-state index is -0.686. The first-order valence-electron chi connectivity index (χ1n) is 8.63. The number of carbonyl (C=O) groups excluding carboxylic acids is 2. The number of phenols is 1. The fraction of sp³-hybridized carbons (Fsp3) is 0.211. The van der Waals surface area contributed by atoms with E-state index in [1.54, 1.807) is 11.4 Å². The Kier molecular flexibility index (Phi) is 5.66. The average molecular weight is 413 g/mol. The molecule has 0 spiro atoms. The molecule has 2 amide bonds. The normalized spacial score (nSPS) is 10.6. The minimum absolute atomic E-state index is 0.0499. The van der Waals surface area contributed by atoms with Gasteiger partial charge in [-0.15, -0.1) is 0 Å². The number of fused-ring (bicyclic) bond motifs is 1. The van der Waals surface area contributed by atoms with Crippen molar-refractivity contribution in [1.29, 1.82) is 5.26 Å².